The van der Waals surface area contributed by atoms with E-state index in [0.717, 1.165) is 5.69 Å². The molecule has 8 heteroatoms. The zero-order valence-corrected chi connectivity index (χ0v) is 12.5. The highest BCUT2D eigenvalue weighted by atomic mass is 32.2. The van der Waals surface area contributed by atoms with E-state index in [2.05, 4.69) is 19.4 Å². The van der Waals surface area contributed by atoms with Crippen LogP contribution in [0.5, 0.6) is 0 Å². The van der Waals surface area contributed by atoms with Gasteiger partial charge >= 0.3 is 11.9 Å². The number of nitrogens with zero attached hydrogens (tertiary/aromatic N) is 2. The lowest BCUT2D eigenvalue weighted by Gasteiger charge is -2.04. The number of hydrogen-bond donors (Lipinski definition) is 0. The summed E-state index contributed by atoms with van der Waals surface area (Å²) in [5, 5.41) is 1.16. The third kappa shape index (κ3) is 5.93. The third-order valence-electron chi connectivity index (χ3n) is 1.92. The van der Waals surface area contributed by atoms with Gasteiger partial charge in [0.2, 0.25) is 0 Å². The molecule has 0 aliphatic carbocycles. The maximum absolute atomic E-state index is 11.1. The van der Waals surface area contributed by atoms with Crippen LogP contribution in [0.25, 0.3) is 0 Å². The number of esters is 2. The molecule has 19 heavy (non-hydrogen) atoms. The van der Waals surface area contributed by atoms with Crippen molar-refractivity contribution >= 4 is 35.5 Å². The number of thioether (sulfide) groups is 2. The van der Waals surface area contributed by atoms with Gasteiger partial charge in [-0.1, -0.05) is 23.5 Å². The van der Waals surface area contributed by atoms with E-state index >= 15 is 0 Å². The fourth-order valence-electron chi connectivity index (χ4n) is 1.03. The first-order chi connectivity index (χ1) is 9.05. The fourth-order valence-corrected chi connectivity index (χ4v) is 2.61. The summed E-state index contributed by atoms with van der Waals surface area (Å²) in [7, 11) is 2.67. The Bertz CT molecular complexity index is 430. The van der Waals surface area contributed by atoms with Gasteiger partial charge in [0.25, 0.3) is 0 Å². The second kappa shape index (κ2) is 8.00. The minimum absolute atomic E-state index is 0.154. The summed E-state index contributed by atoms with van der Waals surface area (Å²) in [6.07, 6.45) is 0. The van der Waals surface area contributed by atoms with Gasteiger partial charge in [-0.15, -0.1) is 0 Å². The predicted octanol–water partition coefficient (Wildman–Crippen LogP) is 1.32. The molecule has 0 bridgehead atoms. The van der Waals surface area contributed by atoms with Crippen molar-refractivity contribution in [1.82, 2.24) is 9.97 Å². The van der Waals surface area contributed by atoms with Crippen LogP contribution in [0.1, 0.15) is 5.69 Å². The maximum atomic E-state index is 11.1. The van der Waals surface area contributed by atoms with Crippen molar-refractivity contribution in [3.05, 3.63) is 11.8 Å². The first-order valence-corrected chi connectivity index (χ1v) is 7.27. The van der Waals surface area contributed by atoms with E-state index < -0.39 is 0 Å². The Morgan fingerprint density at radius 2 is 1.68 bits per heavy atom. The Kier molecular flexibility index (Phi) is 6.65. The summed E-state index contributed by atoms with van der Waals surface area (Å²) < 4.78 is 9.10. The molecule has 0 aromatic carbocycles. The highest BCUT2D eigenvalue weighted by molar-refractivity contribution is 8.00. The molecule has 0 fully saturated rings. The van der Waals surface area contributed by atoms with Crippen molar-refractivity contribution in [2.75, 3.05) is 25.7 Å². The summed E-state index contributed by atoms with van der Waals surface area (Å²) in [4.78, 5) is 30.5. The zero-order chi connectivity index (χ0) is 14.3. The largest absolute Gasteiger partial charge is 0.468 e. The lowest BCUT2D eigenvalue weighted by Crippen LogP contribution is -2.05. The monoisotopic (exact) mass is 302 g/mol. The summed E-state index contributed by atoms with van der Waals surface area (Å²) >= 11 is 2.46. The number of ether oxygens (including phenoxy) is 2. The maximum Gasteiger partial charge on any atom is 0.316 e. The minimum atomic E-state index is -0.334. The highest BCUT2D eigenvalue weighted by Crippen LogP contribution is 2.21. The number of hydrogen-bond acceptors (Lipinski definition) is 8. The minimum Gasteiger partial charge on any atom is -0.468 e. The van der Waals surface area contributed by atoms with Gasteiger partial charge < -0.3 is 9.47 Å². The van der Waals surface area contributed by atoms with Crippen LogP contribution >= 0.6 is 23.5 Å². The topological polar surface area (TPSA) is 78.4 Å². The van der Waals surface area contributed by atoms with E-state index in [4.69, 9.17) is 0 Å². The third-order valence-corrected chi connectivity index (χ3v) is 3.63. The Labute approximate surface area is 119 Å². The van der Waals surface area contributed by atoms with Crippen molar-refractivity contribution in [3.8, 4) is 0 Å². The average Bonchev–Trinajstić information content (AvgIpc) is 2.41. The number of aromatic nitrogens is 2. The normalized spacial score (nSPS) is 10.1. The van der Waals surface area contributed by atoms with E-state index in [1.165, 1.54) is 37.7 Å². The Balaban J connectivity index is 2.65. The molecule has 0 unspecified atom stereocenters. The molecule has 1 rings (SSSR count). The van der Waals surface area contributed by atoms with E-state index in [-0.39, 0.29) is 23.4 Å². The molecule has 0 aliphatic heterocycles. The van der Waals surface area contributed by atoms with Crippen molar-refractivity contribution in [2.45, 2.75) is 17.1 Å². The molecule has 0 aliphatic rings. The quantitative estimate of drug-likeness (QED) is 0.337. The first kappa shape index (κ1) is 15.8. The number of methoxy groups -OCH3 is 2. The van der Waals surface area contributed by atoms with E-state index in [1.807, 2.05) is 6.92 Å². The van der Waals surface area contributed by atoms with Gasteiger partial charge in [-0.25, -0.2) is 9.97 Å². The molecular formula is C11H14N2O4S2. The summed E-state index contributed by atoms with van der Waals surface area (Å²) in [5.74, 6) is -0.307. The SMILES string of the molecule is COC(=O)CSc1cc(C)nc(SCC(=O)OC)n1. The lowest BCUT2D eigenvalue weighted by atomic mass is 10.5. The summed E-state index contributed by atoms with van der Waals surface area (Å²) in [6.45, 7) is 1.83. The van der Waals surface area contributed by atoms with Crippen molar-refractivity contribution in [2.24, 2.45) is 0 Å². The van der Waals surface area contributed by atoms with Gasteiger partial charge in [0.15, 0.2) is 5.16 Å². The van der Waals surface area contributed by atoms with Crippen molar-refractivity contribution in [3.63, 3.8) is 0 Å². The van der Waals surface area contributed by atoms with Crippen LogP contribution in [0.4, 0.5) is 0 Å². The van der Waals surface area contributed by atoms with Crippen LogP contribution in [-0.4, -0.2) is 47.6 Å². The first-order valence-electron chi connectivity index (χ1n) is 5.30. The molecule has 0 atom stereocenters. The molecule has 0 saturated heterocycles. The number of rotatable bonds is 6. The van der Waals surface area contributed by atoms with Gasteiger partial charge in [0.05, 0.1) is 25.7 Å². The van der Waals surface area contributed by atoms with Crippen molar-refractivity contribution in [1.29, 1.82) is 0 Å². The molecule has 6 nitrogen and oxygen atoms in total. The Hall–Kier alpha value is -1.28. The molecular weight excluding hydrogens is 288 g/mol. The van der Waals surface area contributed by atoms with Crippen LogP contribution in [0.3, 0.4) is 0 Å². The molecule has 0 amide bonds. The molecule has 0 saturated carbocycles. The molecule has 104 valence electrons. The number of aryl methyl sites for hydroxylation is 1. The molecule has 0 N–H and O–H groups in total. The van der Waals surface area contributed by atoms with Crippen LogP contribution in [0.15, 0.2) is 16.2 Å². The summed E-state index contributed by atoms with van der Waals surface area (Å²) in [5.41, 5.74) is 0.773. The second-order valence-corrected chi connectivity index (χ2v) is 5.30. The van der Waals surface area contributed by atoms with Gasteiger partial charge in [-0.3, -0.25) is 9.59 Å². The van der Waals surface area contributed by atoms with E-state index in [1.54, 1.807) is 6.07 Å². The van der Waals surface area contributed by atoms with Gasteiger partial charge in [-0.2, -0.15) is 0 Å². The molecule has 1 aromatic rings. The van der Waals surface area contributed by atoms with Crippen LogP contribution in [0.2, 0.25) is 0 Å². The van der Waals surface area contributed by atoms with Crippen LogP contribution in [-0.2, 0) is 19.1 Å². The highest BCUT2D eigenvalue weighted by Gasteiger charge is 2.09. The number of carbonyl (C=O) groups is 2. The Morgan fingerprint density at radius 3 is 2.26 bits per heavy atom. The van der Waals surface area contributed by atoms with E-state index in [9.17, 15) is 9.59 Å². The van der Waals surface area contributed by atoms with E-state index in [0.29, 0.717) is 10.2 Å². The molecule has 1 heterocycles. The average molecular weight is 302 g/mol. The number of carbonyl (C=O) groups excluding carboxylic acids is 2. The standard InChI is InChI=1S/C11H14N2O4S2/c1-7-4-8(18-5-9(14)16-2)13-11(12-7)19-6-10(15)17-3/h4H,5-6H2,1-3H3. The molecule has 0 radical (unpaired) electrons. The zero-order valence-electron chi connectivity index (χ0n) is 10.8. The Morgan fingerprint density at radius 1 is 1.11 bits per heavy atom. The lowest BCUT2D eigenvalue weighted by molar-refractivity contribution is -0.138. The molecule has 0 spiro atoms. The van der Waals surface area contributed by atoms with Crippen molar-refractivity contribution < 1.29 is 19.1 Å². The van der Waals surface area contributed by atoms with Crippen LogP contribution < -0.4 is 0 Å². The smallest absolute Gasteiger partial charge is 0.316 e. The van der Waals surface area contributed by atoms with Gasteiger partial charge in [-0.05, 0) is 13.0 Å². The second-order valence-electron chi connectivity index (χ2n) is 3.36. The predicted molar refractivity (Wildman–Crippen MR) is 72.2 cm³/mol. The van der Waals surface area contributed by atoms with Crippen LogP contribution in [0, 0.1) is 6.92 Å². The fraction of sp³-hybridized carbons (Fsp3) is 0.455. The summed E-state index contributed by atoms with van der Waals surface area (Å²) in [6, 6.07) is 1.77. The molecule has 1 aromatic heterocycles. The van der Waals surface area contributed by atoms with Gasteiger partial charge in [0, 0.05) is 5.69 Å². The van der Waals surface area contributed by atoms with Gasteiger partial charge in [0.1, 0.15) is 5.03 Å².